The molecule has 1 N–H and O–H groups in total. The molecular formula is C24H24N2. The van der Waals surface area contributed by atoms with Crippen LogP contribution in [0.3, 0.4) is 0 Å². The number of benzene rings is 3. The number of rotatable bonds is 6. The van der Waals surface area contributed by atoms with Crippen LogP contribution in [0.1, 0.15) is 26.2 Å². The lowest BCUT2D eigenvalue weighted by Gasteiger charge is -2.12. The quantitative estimate of drug-likeness (QED) is 0.397. The van der Waals surface area contributed by atoms with E-state index in [-0.39, 0.29) is 0 Å². The highest BCUT2D eigenvalue weighted by Crippen LogP contribution is 2.30. The molecule has 0 aliphatic carbocycles. The fourth-order valence-electron chi connectivity index (χ4n) is 3.42. The first-order valence-corrected chi connectivity index (χ1v) is 9.48. The van der Waals surface area contributed by atoms with Crippen LogP contribution in [0.2, 0.25) is 0 Å². The average molecular weight is 340 g/mol. The maximum Gasteiger partial charge on any atom is 0.0730 e. The number of nitrogens with one attached hydrogen (secondary N) is 1. The van der Waals surface area contributed by atoms with Gasteiger partial charge in [-0.15, -0.1) is 0 Å². The highest BCUT2D eigenvalue weighted by molar-refractivity contribution is 5.95. The molecule has 0 aliphatic rings. The van der Waals surface area contributed by atoms with Crippen molar-refractivity contribution in [1.82, 2.24) is 4.98 Å². The molecule has 130 valence electrons. The molecule has 3 aromatic carbocycles. The SMILES string of the molecule is CCCCCNc1cc(-c2ccc3ccccc3c2)nc2ccccc12. The largest absolute Gasteiger partial charge is 0.384 e. The second-order valence-electron chi connectivity index (χ2n) is 6.77. The topological polar surface area (TPSA) is 24.9 Å². The second-order valence-corrected chi connectivity index (χ2v) is 6.77. The fraction of sp³-hybridized carbons (Fsp3) is 0.208. The predicted molar refractivity (Wildman–Crippen MR) is 113 cm³/mol. The fourth-order valence-corrected chi connectivity index (χ4v) is 3.42. The summed E-state index contributed by atoms with van der Waals surface area (Å²) in [5.41, 5.74) is 4.39. The Balaban J connectivity index is 1.76. The van der Waals surface area contributed by atoms with Gasteiger partial charge in [-0.1, -0.05) is 74.4 Å². The molecule has 1 aromatic heterocycles. The van der Waals surface area contributed by atoms with Crippen LogP contribution in [-0.2, 0) is 0 Å². The number of hydrogen-bond acceptors (Lipinski definition) is 2. The summed E-state index contributed by atoms with van der Waals surface area (Å²) in [4.78, 5) is 4.92. The molecule has 0 bridgehead atoms. The molecule has 0 unspecified atom stereocenters. The van der Waals surface area contributed by atoms with E-state index in [0.29, 0.717) is 0 Å². The lowest BCUT2D eigenvalue weighted by atomic mass is 10.0. The highest BCUT2D eigenvalue weighted by atomic mass is 14.9. The van der Waals surface area contributed by atoms with Gasteiger partial charge in [0.2, 0.25) is 0 Å². The van der Waals surface area contributed by atoms with Crippen LogP contribution in [0.5, 0.6) is 0 Å². The summed E-state index contributed by atoms with van der Waals surface area (Å²) in [6.45, 7) is 3.23. The minimum absolute atomic E-state index is 0.999. The second kappa shape index (κ2) is 7.57. The molecule has 0 spiro atoms. The zero-order valence-corrected chi connectivity index (χ0v) is 15.2. The van der Waals surface area contributed by atoms with Crippen LogP contribution < -0.4 is 5.32 Å². The molecule has 2 heteroatoms. The van der Waals surface area contributed by atoms with Crippen LogP contribution in [-0.4, -0.2) is 11.5 Å². The molecular weight excluding hydrogens is 316 g/mol. The van der Waals surface area contributed by atoms with Gasteiger partial charge in [-0.3, -0.25) is 0 Å². The Hall–Kier alpha value is -2.87. The number of hydrogen-bond donors (Lipinski definition) is 1. The molecule has 0 saturated carbocycles. The van der Waals surface area contributed by atoms with E-state index in [9.17, 15) is 0 Å². The highest BCUT2D eigenvalue weighted by Gasteiger charge is 2.08. The van der Waals surface area contributed by atoms with Gasteiger partial charge in [0.15, 0.2) is 0 Å². The van der Waals surface area contributed by atoms with Gasteiger partial charge in [0.1, 0.15) is 0 Å². The first-order chi connectivity index (χ1) is 12.8. The van der Waals surface area contributed by atoms with Gasteiger partial charge in [-0.2, -0.15) is 0 Å². The number of fused-ring (bicyclic) bond motifs is 2. The van der Waals surface area contributed by atoms with Crippen molar-refractivity contribution in [1.29, 1.82) is 0 Å². The van der Waals surface area contributed by atoms with Crippen molar-refractivity contribution in [3.05, 3.63) is 72.8 Å². The number of para-hydroxylation sites is 1. The lowest BCUT2D eigenvalue weighted by molar-refractivity contribution is 0.744. The summed E-state index contributed by atoms with van der Waals surface area (Å²) in [7, 11) is 0. The molecule has 0 fully saturated rings. The first-order valence-electron chi connectivity index (χ1n) is 9.48. The Bertz CT molecular complexity index is 1040. The lowest BCUT2D eigenvalue weighted by Crippen LogP contribution is -2.03. The zero-order valence-electron chi connectivity index (χ0n) is 15.2. The van der Waals surface area contributed by atoms with Crippen LogP contribution in [0.15, 0.2) is 72.8 Å². The number of aromatic nitrogens is 1. The number of unbranched alkanes of at least 4 members (excludes halogenated alkanes) is 2. The number of pyridine rings is 1. The Kier molecular flexibility index (Phi) is 4.83. The molecule has 4 aromatic rings. The first kappa shape index (κ1) is 16.6. The molecule has 0 saturated heterocycles. The molecule has 26 heavy (non-hydrogen) atoms. The average Bonchev–Trinajstić information content (AvgIpc) is 2.70. The van der Waals surface area contributed by atoms with Crippen molar-refractivity contribution in [2.45, 2.75) is 26.2 Å². The smallest absolute Gasteiger partial charge is 0.0730 e. The Labute approximate surface area is 154 Å². The van der Waals surface area contributed by atoms with Crippen LogP contribution in [0.25, 0.3) is 32.9 Å². The van der Waals surface area contributed by atoms with Gasteiger partial charge in [0.05, 0.1) is 11.2 Å². The minimum atomic E-state index is 0.999. The van der Waals surface area contributed by atoms with E-state index < -0.39 is 0 Å². The third-order valence-corrected chi connectivity index (χ3v) is 4.86. The van der Waals surface area contributed by atoms with E-state index in [4.69, 9.17) is 4.98 Å². The summed E-state index contributed by atoms with van der Waals surface area (Å²) in [6.07, 6.45) is 3.69. The molecule has 2 nitrogen and oxygen atoms in total. The summed E-state index contributed by atoms with van der Waals surface area (Å²) < 4.78 is 0. The summed E-state index contributed by atoms with van der Waals surface area (Å²) >= 11 is 0. The normalized spacial score (nSPS) is 11.1. The van der Waals surface area contributed by atoms with Crippen molar-refractivity contribution >= 4 is 27.4 Å². The maximum atomic E-state index is 4.92. The Morgan fingerprint density at radius 2 is 1.62 bits per heavy atom. The maximum absolute atomic E-state index is 4.92. The summed E-state index contributed by atoms with van der Waals surface area (Å²) in [5, 5.41) is 7.33. The minimum Gasteiger partial charge on any atom is -0.384 e. The van der Waals surface area contributed by atoms with Crippen LogP contribution >= 0.6 is 0 Å². The standard InChI is InChI=1S/C24H24N2/c1-2-3-8-15-25-24-17-23(26-22-12-7-6-11-21(22)24)20-14-13-18-9-4-5-10-19(18)16-20/h4-7,9-14,16-17H,2-3,8,15H2,1H3,(H,25,26). The molecule has 0 amide bonds. The Morgan fingerprint density at radius 1 is 0.808 bits per heavy atom. The van der Waals surface area contributed by atoms with Gasteiger partial charge >= 0.3 is 0 Å². The molecule has 1 heterocycles. The van der Waals surface area contributed by atoms with Gasteiger partial charge < -0.3 is 5.32 Å². The third kappa shape index (κ3) is 3.41. The van der Waals surface area contributed by atoms with E-state index in [2.05, 4.69) is 85.0 Å². The van der Waals surface area contributed by atoms with Gasteiger partial charge in [0.25, 0.3) is 0 Å². The number of anilines is 1. The number of nitrogens with zero attached hydrogens (tertiary/aromatic N) is 1. The third-order valence-electron chi connectivity index (χ3n) is 4.86. The monoisotopic (exact) mass is 340 g/mol. The van der Waals surface area contributed by atoms with Gasteiger partial charge in [-0.05, 0) is 35.4 Å². The van der Waals surface area contributed by atoms with E-state index >= 15 is 0 Å². The van der Waals surface area contributed by atoms with Crippen molar-refractivity contribution < 1.29 is 0 Å². The predicted octanol–water partition coefficient (Wildman–Crippen LogP) is 6.66. The van der Waals surface area contributed by atoms with Gasteiger partial charge in [-0.25, -0.2) is 4.98 Å². The summed E-state index contributed by atoms with van der Waals surface area (Å²) in [6, 6.07) is 25.6. The van der Waals surface area contributed by atoms with Crippen LogP contribution in [0.4, 0.5) is 5.69 Å². The van der Waals surface area contributed by atoms with E-state index in [1.165, 1.54) is 41.1 Å². The van der Waals surface area contributed by atoms with Crippen molar-refractivity contribution in [3.8, 4) is 11.3 Å². The van der Waals surface area contributed by atoms with E-state index in [1.807, 2.05) is 0 Å². The van der Waals surface area contributed by atoms with Crippen LogP contribution in [0, 0.1) is 0 Å². The molecule has 0 aliphatic heterocycles. The van der Waals surface area contributed by atoms with E-state index in [1.54, 1.807) is 0 Å². The zero-order chi connectivity index (χ0) is 17.8. The van der Waals surface area contributed by atoms with Gasteiger partial charge in [0, 0.05) is 23.2 Å². The van der Waals surface area contributed by atoms with Crippen molar-refractivity contribution in [2.24, 2.45) is 0 Å². The van der Waals surface area contributed by atoms with Crippen molar-refractivity contribution in [3.63, 3.8) is 0 Å². The summed E-state index contributed by atoms with van der Waals surface area (Å²) in [5.74, 6) is 0. The Morgan fingerprint density at radius 3 is 2.50 bits per heavy atom. The molecule has 4 rings (SSSR count). The van der Waals surface area contributed by atoms with Crippen molar-refractivity contribution in [2.75, 3.05) is 11.9 Å². The molecule has 0 atom stereocenters. The molecule has 0 radical (unpaired) electrons. The van der Waals surface area contributed by atoms with E-state index in [0.717, 1.165) is 23.3 Å².